The molecule has 1 aliphatic carbocycles. The number of ketones is 1. The number of rotatable bonds is 5. The van der Waals surface area contributed by atoms with Crippen LogP contribution in [0.2, 0.25) is 0 Å². The Labute approximate surface area is 106 Å². The highest BCUT2D eigenvalue weighted by molar-refractivity contribution is 5.92. The van der Waals surface area contributed by atoms with Crippen molar-refractivity contribution < 1.29 is 23.9 Å². The first-order chi connectivity index (χ1) is 8.49. The Hall–Kier alpha value is -1.65. The molecular weight excluding hydrogens is 236 g/mol. The molecular formula is C13H18O5. The summed E-state index contributed by atoms with van der Waals surface area (Å²) in [5, 5.41) is 0. The van der Waals surface area contributed by atoms with Gasteiger partial charge >= 0.3 is 11.9 Å². The molecule has 1 rings (SSSR count). The predicted molar refractivity (Wildman–Crippen MR) is 63.7 cm³/mol. The van der Waals surface area contributed by atoms with Gasteiger partial charge in [-0.2, -0.15) is 0 Å². The van der Waals surface area contributed by atoms with E-state index in [1.807, 2.05) is 0 Å². The van der Waals surface area contributed by atoms with Gasteiger partial charge in [0, 0.05) is 18.6 Å². The van der Waals surface area contributed by atoms with Crippen molar-refractivity contribution in [1.29, 1.82) is 0 Å². The van der Waals surface area contributed by atoms with E-state index in [1.165, 1.54) is 0 Å². The van der Waals surface area contributed by atoms with E-state index in [9.17, 15) is 14.4 Å². The molecule has 0 amide bonds. The molecule has 1 saturated carbocycles. The van der Waals surface area contributed by atoms with Crippen LogP contribution in [0.5, 0.6) is 0 Å². The summed E-state index contributed by atoms with van der Waals surface area (Å²) in [5.41, 5.74) is 0. The van der Waals surface area contributed by atoms with Crippen LogP contribution in [0.4, 0.5) is 0 Å². The first-order valence-corrected chi connectivity index (χ1v) is 6.07. The lowest BCUT2D eigenvalue weighted by molar-refractivity contribution is -0.143. The predicted octanol–water partition coefficient (Wildman–Crippen LogP) is 1.41. The fourth-order valence-electron chi connectivity index (χ4n) is 1.70. The molecule has 0 radical (unpaired) electrons. The van der Waals surface area contributed by atoms with Gasteiger partial charge in [-0.3, -0.25) is 4.79 Å². The summed E-state index contributed by atoms with van der Waals surface area (Å²) >= 11 is 0. The van der Waals surface area contributed by atoms with Gasteiger partial charge in [0.05, 0.1) is 12.0 Å². The highest BCUT2D eigenvalue weighted by Gasteiger charge is 2.25. The second-order valence-electron chi connectivity index (χ2n) is 4.50. The molecule has 0 heterocycles. The number of hydrogen-bond acceptors (Lipinski definition) is 5. The molecule has 1 unspecified atom stereocenters. The highest BCUT2D eigenvalue weighted by atomic mass is 16.5. The minimum Gasteiger partial charge on any atom is -0.462 e. The van der Waals surface area contributed by atoms with Crippen LogP contribution in [-0.2, 0) is 23.9 Å². The van der Waals surface area contributed by atoms with E-state index in [1.54, 1.807) is 13.8 Å². The first-order valence-electron chi connectivity index (χ1n) is 6.07. The van der Waals surface area contributed by atoms with E-state index in [4.69, 9.17) is 9.47 Å². The fourth-order valence-corrected chi connectivity index (χ4v) is 1.70. The van der Waals surface area contributed by atoms with Crippen LogP contribution in [0.25, 0.3) is 0 Å². The van der Waals surface area contributed by atoms with E-state index in [0.29, 0.717) is 6.42 Å². The van der Waals surface area contributed by atoms with Crippen LogP contribution in [-0.4, -0.2) is 30.4 Å². The molecule has 1 fully saturated rings. The highest BCUT2D eigenvalue weighted by Crippen LogP contribution is 2.21. The Balaban J connectivity index is 2.26. The molecule has 0 N–H and O–H groups in total. The summed E-state index contributed by atoms with van der Waals surface area (Å²) < 4.78 is 9.71. The molecule has 0 bridgehead atoms. The van der Waals surface area contributed by atoms with Gasteiger partial charge in [-0.15, -0.1) is 0 Å². The van der Waals surface area contributed by atoms with Crippen LogP contribution in [0.3, 0.4) is 0 Å². The molecule has 1 aliphatic rings. The lowest BCUT2D eigenvalue weighted by Gasteiger charge is -2.07. The summed E-state index contributed by atoms with van der Waals surface area (Å²) in [6.45, 7) is 3.53. The average Bonchev–Trinajstić information content (AvgIpc) is 2.68. The monoisotopic (exact) mass is 254 g/mol. The van der Waals surface area contributed by atoms with Gasteiger partial charge in [0.2, 0.25) is 0 Å². The standard InChI is InChI=1S/C13H18O5/c1-9(2)18-13(16)7-6-12(15)17-8-10-4-3-5-11(10)14/h6-7,9-10H,3-5,8H2,1-2H3/b7-6+. The van der Waals surface area contributed by atoms with E-state index in [2.05, 4.69) is 0 Å². The number of Topliss-reactive ketones (excluding diaryl/α,β-unsaturated/α-hetero) is 1. The van der Waals surface area contributed by atoms with Gasteiger partial charge in [-0.05, 0) is 26.7 Å². The Bertz CT molecular complexity index is 356. The zero-order valence-electron chi connectivity index (χ0n) is 10.7. The van der Waals surface area contributed by atoms with Crippen molar-refractivity contribution >= 4 is 17.7 Å². The normalized spacial score (nSPS) is 19.5. The molecule has 5 heteroatoms. The Morgan fingerprint density at radius 2 is 2.00 bits per heavy atom. The third-order valence-corrected chi connectivity index (χ3v) is 2.57. The Morgan fingerprint density at radius 3 is 2.56 bits per heavy atom. The van der Waals surface area contributed by atoms with Crippen molar-refractivity contribution in [1.82, 2.24) is 0 Å². The lowest BCUT2D eigenvalue weighted by atomic mass is 10.1. The largest absolute Gasteiger partial charge is 0.462 e. The smallest absolute Gasteiger partial charge is 0.331 e. The van der Waals surface area contributed by atoms with E-state index >= 15 is 0 Å². The van der Waals surface area contributed by atoms with Crippen LogP contribution >= 0.6 is 0 Å². The van der Waals surface area contributed by atoms with Crippen molar-refractivity contribution in [2.75, 3.05) is 6.61 Å². The number of ether oxygens (including phenoxy) is 2. The van der Waals surface area contributed by atoms with Crippen molar-refractivity contribution in [3.8, 4) is 0 Å². The van der Waals surface area contributed by atoms with Crippen molar-refractivity contribution in [3.05, 3.63) is 12.2 Å². The molecule has 0 aromatic carbocycles. The lowest BCUT2D eigenvalue weighted by Crippen LogP contribution is -2.16. The van der Waals surface area contributed by atoms with Gasteiger partial charge in [-0.25, -0.2) is 9.59 Å². The second-order valence-corrected chi connectivity index (χ2v) is 4.50. The zero-order chi connectivity index (χ0) is 13.5. The number of carbonyl (C=O) groups excluding carboxylic acids is 3. The second kappa shape index (κ2) is 6.93. The van der Waals surface area contributed by atoms with Crippen LogP contribution < -0.4 is 0 Å². The topological polar surface area (TPSA) is 69.7 Å². The molecule has 0 spiro atoms. The third-order valence-electron chi connectivity index (χ3n) is 2.57. The number of hydrogen-bond donors (Lipinski definition) is 0. The van der Waals surface area contributed by atoms with Gasteiger partial charge in [-0.1, -0.05) is 0 Å². The van der Waals surface area contributed by atoms with Gasteiger partial charge in [0.15, 0.2) is 0 Å². The molecule has 0 saturated heterocycles. The van der Waals surface area contributed by atoms with Gasteiger partial charge in [0.25, 0.3) is 0 Å². The minimum atomic E-state index is -0.629. The molecule has 100 valence electrons. The van der Waals surface area contributed by atoms with Crippen LogP contribution in [0, 0.1) is 5.92 Å². The maximum atomic E-state index is 11.3. The maximum absolute atomic E-state index is 11.3. The summed E-state index contributed by atoms with van der Waals surface area (Å²) in [4.78, 5) is 33.7. The average molecular weight is 254 g/mol. The maximum Gasteiger partial charge on any atom is 0.331 e. The fraction of sp³-hybridized carbons (Fsp3) is 0.615. The molecule has 18 heavy (non-hydrogen) atoms. The molecule has 0 aromatic heterocycles. The van der Waals surface area contributed by atoms with E-state index in [0.717, 1.165) is 25.0 Å². The zero-order valence-corrected chi connectivity index (χ0v) is 10.7. The van der Waals surface area contributed by atoms with Crippen LogP contribution in [0.1, 0.15) is 33.1 Å². The summed E-state index contributed by atoms with van der Waals surface area (Å²) in [6.07, 6.45) is 4.01. The molecule has 0 aromatic rings. The third kappa shape index (κ3) is 5.12. The summed E-state index contributed by atoms with van der Waals surface area (Å²) in [7, 11) is 0. The minimum absolute atomic E-state index is 0.0984. The summed E-state index contributed by atoms with van der Waals surface area (Å²) in [5.74, 6) is -1.25. The molecule has 0 aliphatic heterocycles. The van der Waals surface area contributed by atoms with Crippen molar-refractivity contribution in [2.24, 2.45) is 5.92 Å². The van der Waals surface area contributed by atoms with Gasteiger partial charge in [0.1, 0.15) is 12.4 Å². The molecule has 5 nitrogen and oxygen atoms in total. The quantitative estimate of drug-likeness (QED) is 0.548. The summed E-state index contributed by atoms with van der Waals surface area (Å²) in [6, 6.07) is 0. The number of esters is 2. The van der Waals surface area contributed by atoms with Crippen molar-refractivity contribution in [2.45, 2.75) is 39.2 Å². The first kappa shape index (κ1) is 14.4. The Morgan fingerprint density at radius 1 is 1.33 bits per heavy atom. The van der Waals surface area contributed by atoms with E-state index in [-0.39, 0.29) is 24.4 Å². The Kier molecular flexibility index (Phi) is 5.55. The van der Waals surface area contributed by atoms with E-state index < -0.39 is 11.9 Å². The van der Waals surface area contributed by atoms with Gasteiger partial charge < -0.3 is 9.47 Å². The van der Waals surface area contributed by atoms with Crippen molar-refractivity contribution in [3.63, 3.8) is 0 Å². The van der Waals surface area contributed by atoms with Crippen LogP contribution in [0.15, 0.2) is 12.2 Å². The number of carbonyl (C=O) groups is 3. The molecule has 1 atom stereocenters. The SMILES string of the molecule is CC(C)OC(=O)/C=C/C(=O)OCC1CCCC1=O.